The first-order chi connectivity index (χ1) is 26.8. The van der Waals surface area contributed by atoms with E-state index in [-0.39, 0.29) is 0 Å². The summed E-state index contributed by atoms with van der Waals surface area (Å²) >= 11 is 0. The minimum absolute atomic E-state index is 0.701. The Kier molecular flexibility index (Phi) is 6.82. The summed E-state index contributed by atoms with van der Waals surface area (Å²) in [4.78, 5) is 10.7. The van der Waals surface area contributed by atoms with Gasteiger partial charge in [0.05, 0.1) is 27.8 Å². The molecule has 11 aromatic rings. The molecule has 0 radical (unpaired) electrons. The lowest BCUT2D eigenvalue weighted by Crippen LogP contribution is -1.99. The van der Waals surface area contributed by atoms with E-state index >= 15 is 0 Å². The summed E-state index contributed by atoms with van der Waals surface area (Å²) in [6, 6.07) is 69.0. The lowest BCUT2D eigenvalue weighted by Gasteiger charge is -2.12. The molecule has 0 atom stereocenters. The molecule has 252 valence electrons. The molecule has 0 saturated heterocycles. The number of rotatable bonds is 5. The monoisotopic (exact) mass is 688 g/mol. The molecule has 0 aliphatic rings. The minimum Gasteiger partial charge on any atom is -0.309 e. The Morgan fingerprint density at radius 1 is 0.333 bits per heavy atom. The maximum atomic E-state index is 5.38. The summed E-state index contributed by atoms with van der Waals surface area (Å²) in [6.45, 7) is 0. The molecule has 8 aromatic carbocycles. The topological polar surface area (TPSA) is 35.6 Å². The summed E-state index contributed by atoms with van der Waals surface area (Å²) in [5.74, 6) is 0.701. The van der Waals surface area contributed by atoms with Crippen LogP contribution in [0.2, 0.25) is 0 Å². The summed E-state index contributed by atoms with van der Waals surface area (Å²) < 4.78 is 4.69. The lowest BCUT2D eigenvalue weighted by molar-refractivity contribution is 1.15. The minimum atomic E-state index is 0.701. The first-order valence-electron chi connectivity index (χ1n) is 18.3. The van der Waals surface area contributed by atoms with Gasteiger partial charge in [-0.25, -0.2) is 9.97 Å². The SMILES string of the molecule is c1ccc(-c2nc(-c3cccc(-c4ccc5c(c4)c4cc6ccccc6cc4n5-c4ccccc4)c3)nc3c4ccccc4n(-c4ccccc4)c23)cc1. The van der Waals surface area contributed by atoms with Crippen LogP contribution in [-0.4, -0.2) is 19.1 Å². The van der Waals surface area contributed by atoms with Gasteiger partial charge in [0.15, 0.2) is 5.82 Å². The molecule has 0 unspecified atom stereocenters. The average molecular weight is 689 g/mol. The van der Waals surface area contributed by atoms with Crippen LogP contribution in [0.4, 0.5) is 0 Å². The van der Waals surface area contributed by atoms with Gasteiger partial charge in [-0.2, -0.15) is 0 Å². The number of hydrogen-bond donors (Lipinski definition) is 0. The molecule has 0 saturated carbocycles. The molecule has 0 aliphatic carbocycles. The van der Waals surface area contributed by atoms with E-state index in [0.29, 0.717) is 5.82 Å². The predicted molar refractivity (Wildman–Crippen MR) is 225 cm³/mol. The molecule has 0 bridgehead atoms. The van der Waals surface area contributed by atoms with E-state index in [2.05, 4.69) is 203 Å². The van der Waals surface area contributed by atoms with Crippen LogP contribution in [-0.2, 0) is 0 Å². The molecule has 4 heteroatoms. The van der Waals surface area contributed by atoms with Gasteiger partial charge in [-0.3, -0.25) is 0 Å². The van der Waals surface area contributed by atoms with Gasteiger partial charge >= 0.3 is 0 Å². The number of para-hydroxylation sites is 3. The Bertz CT molecular complexity index is 3200. The Labute approximate surface area is 311 Å². The Hall–Kier alpha value is -7.30. The molecule has 0 N–H and O–H groups in total. The molecule has 54 heavy (non-hydrogen) atoms. The highest BCUT2D eigenvalue weighted by atomic mass is 15.0. The fourth-order valence-electron chi connectivity index (χ4n) is 8.19. The third-order valence-electron chi connectivity index (χ3n) is 10.7. The summed E-state index contributed by atoms with van der Waals surface area (Å²) in [7, 11) is 0. The van der Waals surface area contributed by atoms with Gasteiger partial charge in [0, 0.05) is 38.7 Å². The first kappa shape index (κ1) is 30.3. The van der Waals surface area contributed by atoms with Crippen LogP contribution in [0.5, 0.6) is 0 Å². The summed E-state index contributed by atoms with van der Waals surface area (Å²) in [6.07, 6.45) is 0. The second-order valence-electron chi connectivity index (χ2n) is 13.8. The number of hydrogen-bond acceptors (Lipinski definition) is 2. The quantitative estimate of drug-likeness (QED) is 0.180. The van der Waals surface area contributed by atoms with Crippen LogP contribution in [0.25, 0.3) is 99.7 Å². The van der Waals surface area contributed by atoms with Crippen molar-refractivity contribution in [3.05, 3.63) is 194 Å². The van der Waals surface area contributed by atoms with Gasteiger partial charge in [-0.1, -0.05) is 133 Å². The van der Waals surface area contributed by atoms with Crippen molar-refractivity contribution < 1.29 is 0 Å². The van der Waals surface area contributed by atoms with E-state index in [4.69, 9.17) is 9.97 Å². The van der Waals surface area contributed by atoms with Crippen LogP contribution in [0, 0.1) is 0 Å². The fraction of sp³-hybridized carbons (Fsp3) is 0. The molecular weight excluding hydrogens is 657 g/mol. The third kappa shape index (κ3) is 4.78. The summed E-state index contributed by atoms with van der Waals surface area (Å²) in [5, 5.41) is 6.03. The Morgan fingerprint density at radius 2 is 0.907 bits per heavy atom. The van der Waals surface area contributed by atoms with E-state index in [1.165, 1.54) is 32.6 Å². The average Bonchev–Trinajstić information content (AvgIpc) is 3.75. The van der Waals surface area contributed by atoms with Gasteiger partial charge < -0.3 is 9.13 Å². The van der Waals surface area contributed by atoms with Crippen molar-refractivity contribution in [2.24, 2.45) is 0 Å². The van der Waals surface area contributed by atoms with E-state index in [1.807, 2.05) is 0 Å². The molecule has 3 heterocycles. The number of fused-ring (bicyclic) bond motifs is 7. The predicted octanol–water partition coefficient (Wildman–Crippen LogP) is 12.8. The molecule has 0 aliphatic heterocycles. The van der Waals surface area contributed by atoms with Crippen molar-refractivity contribution in [2.75, 3.05) is 0 Å². The molecule has 0 fully saturated rings. The molecule has 0 spiro atoms. The van der Waals surface area contributed by atoms with Crippen molar-refractivity contribution in [3.63, 3.8) is 0 Å². The Balaban J connectivity index is 1.12. The second kappa shape index (κ2) is 12.1. The summed E-state index contributed by atoms with van der Waals surface area (Å²) in [5.41, 5.74) is 12.9. The zero-order valence-corrected chi connectivity index (χ0v) is 29.3. The van der Waals surface area contributed by atoms with Crippen molar-refractivity contribution >= 4 is 54.5 Å². The number of aromatic nitrogens is 4. The maximum absolute atomic E-state index is 5.38. The number of nitrogens with zero attached hydrogens (tertiary/aromatic N) is 4. The van der Waals surface area contributed by atoms with Gasteiger partial charge in [0.2, 0.25) is 0 Å². The zero-order valence-electron chi connectivity index (χ0n) is 29.3. The van der Waals surface area contributed by atoms with Crippen LogP contribution in [0.15, 0.2) is 194 Å². The highest BCUT2D eigenvalue weighted by molar-refractivity contribution is 6.15. The van der Waals surface area contributed by atoms with Gasteiger partial charge in [0.25, 0.3) is 0 Å². The van der Waals surface area contributed by atoms with Crippen LogP contribution in [0.3, 0.4) is 0 Å². The normalized spacial score (nSPS) is 11.7. The fourth-order valence-corrected chi connectivity index (χ4v) is 8.19. The molecule has 11 rings (SSSR count). The second-order valence-corrected chi connectivity index (χ2v) is 13.8. The Morgan fingerprint density at radius 3 is 1.69 bits per heavy atom. The highest BCUT2D eigenvalue weighted by Crippen LogP contribution is 2.40. The van der Waals surface area contributed by atoms with Crippen LogP contribution < -0.4 is 0 Å². The zero-order chi connectivity index (χ0) is 35.6. The maximum Gasteiger partial charge on any atom is 0.160 e. The van der Waals surface area contributed by atoms with Gasteiger partial charge in [0.1, 0.15) is 5.52 Å². The first-order valence-corrected chi connectivity index (χ1v) is 18.3. The molecular formula is C50H32N4. The van der Waals surface area contributed by atoms with Gasteiger partial charge in [-0.15, -0.1) is 0 Å². The lowest BCUT2D eigenvalue weighted by atomic mass is 9.99. The van der Waals surface area contributed by atoms with E-state index in [9.17, 15) is 0 Å². The van der Waals surface area contributed by atoms with Crippen LogP contribution >= 0.6 is 0 Å². The van der Waals surface area contributed by atoms with Crippen molar-refractivity contribution in [1.82, 2.24) is 19.1 Å². The third-order valence-corrected chi connectivity index (χ3v) is 10.7. The van der Waals surface area contributed by atoms with Crippen molar-refractivity contribution in [3.8, 4) is 45.1 Å². The van der Waals surface area contributed by atoms with Crippen molar-refractivity contribution in [1.29, 1.82) is 0 Å². The standard InChI is InChI=1S/C50H32N4/c1-4-15-33(16-5-1)47-49-48(41-25-12-13-26-44(41)54(49)40-23-8-3-9-24-40)52-50(51-47)38-20-14-19-34(29-38)37-27-28-45-42(31-37)43-30-35-17-10-11-18-36(35)32-46(43)53(45)39-21-6-2-7-22-39/h1-32H. The number of benzene rings is 8. The van der Waals surface area contributed by atoms with Crippen LogP contribution in [0.1, 0.15) is 0 Å². The molecule has 3 aromatic heterocycles. The highest BCUT2D eigenvalue weighted by Gasteiger charge is 2.21. The molecule has 0 amide bonds. The van der Waals surface area contributed by atoms with Crippen molar-refractivity contribution in [2.45, 2.75) is 0 Å². The largest absolute Gasteiger partial charge is 0.309 e. The molecule has 4 nitrogen and oxygen atoms in total. The van der Waals surface area contributed by atoms with E-state index in [1.54, 1.807) is 0 Å². The van der Waals surface area contributed by atoms with E-state index < -0.39 is 0 Å². The smallest absolute Gasteiger partial charge is 0.160 e. The van der Waals surface area contributed by atoms with Gasteiger partial charge in [-0.05, 0) is 82.6 Å². The van der Waals surface area contributed by atoms with E-state index in [0.717, 1.165) is 61.3 Å².